The minimum absolute atomic E-state index is 0.0332. The Morgan fingerprint density at radius 3 is 2.33 bits per heavy atom. The summed E-state index contributed by atoms with van der Waals surface area (Å²) in [6.07, 6.45) is 2.42. The fraction of sp³-hybridized carbons (Fsp3) is 0.167. The molecule has 96 valence electrons. The van der Waals surface area contributed by atoms with Gasteiger partial charge >= 0.3 is 5.97 Å². The zero-order valence-electron chi connectivity index (χ0n) is 9.37. The van der Waals surface area contributed by atoms with Crippen LogP contribution in [0, 0.1) is 0 Å². The Labute approximate surface area is 114 Å². The number of nitrogens with one attached hydrogen (secondary N) is 1. The maximum Gasteiger partial charge on any atom is 0.335 e. The molecule has 0 aliphatic carbocycles. The lowest BCUT2D eigenvalue weighted by Crippen LogP contribution is -2.12. The normalized spacial score (nSPS) is 9.89. The lowest BCUT2D eigenvalue weighted by molar-refractivity contribution is -0.116. The molecule has 0 saturated carbocycles. The molecule has 1 aromatic carbocycles. The van der Waals surface area contributed by atoms with E-state index in [0.29, 0.717) is 6.42 Å². The summed E-state index contributed by atoms with van der Waals surface area (Å²) in [5.74, 6) is -1.40. The fourth-order valence-corrected chi connectivity index (χ4v) is 1.83. The summed E-state index contributed by atoms with van der Waals surface area (Å²) < 4.78 is 0. The van der Waals surface area contributed by atoms with Crippen LogP contribution in [0.3, 0.4) is 0 Å². The van der Waals surface area contributed by atoms with E-state index < -0.39 is 5.97 Å². The second kappa shape index (κ2) is 6.42. The second-order valence-electron chi connectivity index (χ2n) is 3.50. The zero-order valence-corrected chi connectivity index (χ0v) is 10.9. The van der Waals surface area contributed by atoms with Crippen molar-refractivity contribution >= 4 is 40.8 Å². The molecule has 0 aliphatic heterocycles. The maximum absolute atomic E-state index is 11.5. The maximum atomic E-state index is 11.5. The minimum atomic E-state index is -1.14. The standard InChI is InChI=1S/C12H11Cl2NO3/c1-2-3-4-10(16)15-11-8(13)5-7(12(17)18)6-9(11)14/h2,5-6H,1,3-4H2,(H,15,16)(H,17,18). The first-order chi connectivity index (χ1) is 8.45. The van der Waals surface area contributed by atoms with Crippen LogP contribution in [0.2, 0.25) is 10.0 Å². The lowest BCUT2D eigenvalue weighted by Gasteiger charge is -2.09. The van der Waals surface area contributed by atoms with Crippen molar-refractivity contribution < 1.29 is 14.7 Å². The first-order valence-corrected chi connectivity index (χ1v) is 5.84. The molecular weight excluding hydrogens is 277 g/mol. The Morgan fingerprint density at radius 1 is 1.33 bits per heavy atom. The number of hydrogen-bond donors (Lipinski definition) is 2. The van der Waals surface area contributed by atoms with Crippen molar-refractivity contribution in [2.24, 2.45) is 0 Å². The number of carbonyl (C=O) groups is 2. The van der Waals surface area contributed by atoms with Crippen molar-refractivity contribution in [1.29, 1.82) is 0 Å². The summed E-state index contributed by atoms with van der Waals surface area (Å²) >= 11 is 11.7. The fourth-order valence-electron chi connectivity index (χ4n) is 1.25. The average molecular weight is 288 g/mol. The molecule has 0 saturated heterocycles. The van der Waals surface area contributed by atoms with Crippen molar-refractivity contribution in [3.63, 3.8) is 0 Å². The molecule has 1 rings (SSSR count). The molecule has 0 bridgehead atoms. The number of carboxylic acid groups (broad SMARTS) is 1. The highest BCUT2D eigenvalue weighted by Crippen LogP contribution is 2.32. The summed E-state index contributed by atoms with van der Waals surface area (Å²) in [5.41, 5.74) is 0.187. The number of rotatable bonds is 5. The quantitative estimate of drug-likeness (QED) is 0.813. The Kier molecular flexibility index (Phi) is 5.19. The summed E-state index contributed by atoms with van der Waals surface area (Å²) in [6, 6.07) is 2.47. The number of halogens is 2. The van der Waals surface area contributed by atoms with Crippen LogP contribution in [-0.4, -0.2) is 17.0 Å². The van der Waals surface area contributed by atoms with Crippen molar-refractivity contribution in [3.05, 3.63) is 40.4 Å². The third kappa shape index (κ3) is 3.75. The van der Waals surface area contributed by atoms with Gasteiger partial charge in [-0.05, 0) is 18.6 Å². The Hall–Kier alpha value is -1.52. The molecule has 18 heavy (non-hydrogen) atoms. The molecular formula is C12H11Cl2NO3. The highest BCUT2D eigenvalue weighted by atomic mass is 35.5. The molecule has 0 spiro atoms. The van der Waals surface area contributed by atoms with E-state index in [4.69, 9.17) is 28.3 Å². The van der Waals surface area contributed by atoms with Gasteiger partial charge in [0, 0.05) is 6.42 Å². The van der Waals surface area contributed by atoms with E-state index in [-0.39, 0.29) is 33.6 Å². The number of amides is 1. The Balaban J connectivity index is 2.93. The third-order valence-corrected chi connectivity index (χ3v) is 2.73. The van der Waals surface area contributed by atoms with Gasteiger partial charge in [0.1, 0.15) is 0 Å². The van der Waals surface area contributed by atoms with Gasteiger partial charge in [-0.15, -0.1) is 6.58 Å². The van der Waals surface area contributed by atoms with Crippen molar-refractivity contribution in [3.8, 4) is 0 Å². The van der Waals surface area contributed by atoms with Crippen LogP contribution in [0.15, 0.2) is 24.8 Å². The van der Waals surface area contributed by atoms with E-state index in [1.807, 2.05) is 0 Å². The van der Waals surface area contributed by atoms with Gasteiger partial charge in [0.25, 0.3) is 0 Å². The van der Waals surface area contributed by atoms with Crippen LogP contribution in [0.25, 0.3) is 0 Å². The average Bonchev–Trinajstić information content (AvgIpc) is 2.30. The monoisotopic (exact) mass is 287 g/mol. The van der Waals surface area contributed by atoms with E-state index in [0.717, 1.165) is 0 Å². The molecule has 0 aromatic heterocycles. The summed E-state index contributed by atoms with van der Waals surface area (Å²) in [7, 11) is 0. The predicted octanol–water partition coefficient (Wildman–Crippen LogP) is 3.60. The number of allylic oxidation sites excluding steroid dienone is 1. The van der Waals surface area contributed by atoms with Crippen molar-refractivity contribution in [2.75, 3.05) is 5.32 Å². The van der Waals surface area contributed by atoms with Crippen LogP contribution in [0.4, 0.5) is 5.69 Å². The molecule has 0 unspecified atom stereocenters. The van der Waals surface area contributed by atoms with Gasteiger partial charge in [0.2, 0.25) is 5.91 Å². The number of hydrogen-bond acceptors (Lipinski definition) is 2. The molecule has 0 heterocycles. The topological polar surface area (TPSA) is 66.4 Å². The first-order valence-electron chi connectivity index (χ1n) is 5.08. The minimum Gasteiger partial charge on any atom is -0.478 e. The van der Waals surface area contributed by atoms with Crippen LogP contribution in [0.5, 0.6) is 0 Å². The molecule has 1 amide bonds. The molecule has 0 aliphatic rings. The largest absolute Gasteiger partial charge is 0.478 e. The molecule has 1 aromatic rings. The van der Waals surface area contributed by atoms with Gasteiger partial charge in [-0.25, -0.2) is 4.79 Å². The number of aromatic carboxylic acids is 1. The van der Waals surface area contributed by atoms with Gasteiger partial charge in [-0.1, -0.05) is 29.3 Å². The van der Waals surface area contributed by atoms with E-state index in [1.54, 1.807) is 6.08 Å². The smallest absolute Gasteiger partial charge is 0.335 e. The van der Waals surface area contributed by atoms with E-state index in [9.17, 15) is 9.59 Å². The molecule has 2 N–H and O–H groups in total. The number of benzene rings is 1. The molecule has 0 radical (unpaired) electrons. The molecule has 0 fully saturated rings. The van der Waals surface area contributed by atoms with Gasteiger partial charge in [-0.2, -0.15) is 0 Å². The lowest BCUT2D eigenvalue weighted by atomic mass is 10.2. The van der Waals surface area contributed by atoms with Gasteiger partial charge in [-0.3, -0.25) is 4.79 Å². The van der Waals surface area contributed by atoms with E-state index in [1.165, 1.54) is 12.1 Å². The van der Waals surface area contributed by atoms with Crippen LogP contribution >= 0.6 is 23.2 Å². The highest BCUT2D eigenvalue weighted by molar-refractivity contribution is 6.40. The Bertz CT molecular complexity index is 477. The van der Waals surface area contributed by atoms with E-state index >= 15 is 0 Å². The number of anilines is 1. The number of carbonyl (C=O) groups excluding carboxylic acids is 1. The van der Waals surface area contributed by atoms with Crippen LogP contribution in [-0.2, 0) is 4.79 Å². The van der Waals surface area contributed by atoms with Crippen LogP contribution in [0.1, 0.15) is 23.2 Å². The van der Waals surface area contributed by atoms with E-state index in [2.05, 4.69) is 11.9 Å². The highest BCUT2D eigenvalue weighted by Gasteiger charge is 2.14. The van der Waals surface area contributed by atoms with Gasteiger partial charge in [0.15, 0.2) is 0 Å². The SMILES string of the molecule is C=CCCC(=O)Nc1c(Cl)cc(C(=O)O)cc1Cl. The third-order valence-electron chi connectivity index (χ3n) is 2.13. The van der Waals surface area contributed by atoms with Gasteiger partial charge in [0.05, 0.1) is 21.3 Å². The Morgan fingerprint density at radius 2 is 1.89 bits per heavy atom. The predicted molar refractivity (Wildman–Crippen MR) is 71.5 cm³/mol. The summed E-state index contributed by atoms with van der Waals surface area (Å²) in [4.78, 5) is 22.3. The first kappa shape index (κ1) is 14.5. The van der Waals surface area contributed by atoms with Crippen LogP contribution < -0.4 is 5.32 Å². The summed E-state index contributed by atoms with van der Waals surface area (Å²) in [5, 5.41) is 11.5. The molecule has 0 atom stereocenters. The summed E-state index contributed by atoms with van der Waals surface area (Å²) in [6.45, 7) is 3.51. The van der Waals surface area contributed by atoms with Gasteiger partial charge < -0.3 is 10.4 Å². The number of carboxylic acids is 1. The zero-order chi connectivity index (χ0) is 13.7. The molecule has 4 nitrogen and oxygen atoms in total. The van der Waals surface area contributed by atoms with Crippen molar-refractivity contribution in [1.82, 2.24) is 0 Å². The van der Waals surface area contributed by atoms with Crippen molar-refractivity contribution in [2.45, 2.75) is 12.8 Å². The second-order valence-corrected chi connectivity index (χ2v) is 4.31. The molecule has 6 heteroatoms.